The number of hydrogen-bond donors (Lipinski definition) is 2. The molecule has 0 amide bonds. The second-order valence-electron chi connectivity index (χ2n) is 4.29. The molecular weight excluding hydrogens is 254 g/mol. The Morgan fingerprint density at radius 2 is 1.95 bits per heavy atom. The minimum Gasteiger partial charge on any atom is -0.360 e. The van der Waals surface area contributed by atoms with Gasteiger partial charge in [-0.05, 0) is 17.7 Å². The van der Waals surface area contributed by atoms with Crippen LogP contribution in [0.25, 0.3) is 10.6 Å². The quantitative estimate of drug-likeness (QED) is 0.745. The normalized spacial score (nSPS) is 10.7. The molecule has 0 radical (unpaired) electrons. The lowest BCUT2D eigenvalue weighted by molar-refractivity contribution is 0.690. The number of H-pyrrole nitrogens is 1. The van der Waals surface area contributed by atoms with Crippen LogP contribution in [-0.4, -0.2) is 9.97 Å². The van der Waals surface area contributed by atoms with Crippen LogP contribution in [0.15, 0.2) is 54.9 Å². The summed E-state index contributed by atoms with van der Waals surface area (Å²) in [6.45, 7) is 1.68. The zero-order chi connectivity index (χ0) is 12.9. The zero-order valence-electron chi connectivity index (χ0n) is 10.5. The van der Waals surface area contributed by atoms with E-state index in [0.717, 1.165) is 23.8 Å². The number of nitrogens with one attached hydrogen (secondary N) is 2. The van der Waals surface area contributed by atoms with Gasteiger partial charge in [-0.2, -0.15) is 0 Å². The second kappa shape index (κ2) is 5.82. The lowest BCUT2D eigenvalue weighted by Crippen LogP contribution is -2.12. The van der Waals surface area contributed by atoms with E-state index in [1.54, 1.807) is 11.3 Å². The molecule has 0 unspecified atom stereocenters. The van der Waals surface area contributed by atoms with E-state index in [9.17, 15) is 0 Å². The highest BCUT2D eigenvalue weighted by Gasteiger charge is 2.04. The summed E-state index contributed by atoms with van der Waals surface area (Å²) in [5.41, 5.74) is 2.43. The molecular formula is C15H15N3S. The van der Waals surface area contributed by atoms with E-state index in [1.807, 2.05) is 24.5 Å². The summed E-state index contributed by atoms with van der Waals surface area (Å²) in [5.74, 6) is 0. The summed E-state index contributed by atoms with van der Waals surface area (Å²) in [6.07, 6.45) is 3.86. The molecule has 3 nitrogen and oxygen atoms in total. The third-order valence-corrected chi connectivity index (χ3v) is 3.90. The van der Waals surface area contributed by atoms with Crippen LogP contribution in [0.2, 0.25) is 0 Å². The van der Waals surface area contributed by atoms with E-state index < -0.39 is 0 Å². The number of aromatic amines is 1. The maximum absolute atomic E-state index is 4.44. The van der Waals surface area contributed by atoms with E-state index in [-0.39, 0.29) is 0 Å². The van der Waals surface area contributed by atoms with Gasteiger partial charge in [0.25, 0.3) is 0 Å². The van der Waals surface area contributed by atoms with Gasteiger partial charge in [0.2, 0.25) is 0 Å². The fraction of sp³-hybridized carbons (Fsp3) is 0.133. The Morgan fingerprint density at radius 1 is 1.05 bits per heavy atom. The average molecular weight is 269 g/mol. The number of thiazole rings is 1. The molecule has 0 aliphatic heterocycles. The first-order valence-electron chi connectivity index (χ1n) is 6.25. The van der Waals surface area contributed by atoms with Crippen molar-refractivity contribution in [1.82, 2.24) is 15.3 Å². The molecule has 2 heterocycles. The highest BCUT2D eigenvalue weighted by atomic mass is 32.1. The summed E-state index contributed by atoms with van der Waals surface area (Å²) < 4.78 is 0. The molecule has 0 bridgehead atoms. The molecule has 4 heteroatoms. The Labute approximate surface area is 116 Å². The van der Waals surface area contributed by atoms with Crippen molar-refractivity contribution in [2.75, 3.05) is 0 Å². The average Bonchev–Trinajstić information content (AvgIpc) is 3.10. The Kier molecular flexibility index (Phi) is 3.72. The fourth-order valence-corrected chi connectivity index (χ4v) is 2.79. The van der Waals surface area contributed by atoms with E-state index in [4.69, 9.17) is 0 Å². The smallest absolute Gasteiger partial charge is 0.107 e. The van der Waals surface area contributed by atoms with Crippen molar-refractivity contribution in [3.8, 4) is 10.6 Å². The van der Waals surface area contributed by atoms with Crippen molar-refractivity contribution >= 4 is 11.3 Å². The molecule has 0 saturated carbocycles. The van der Waals surface area contributed by atoms with E-state index in [0.29, 0.717) is 0 Å². The molecule has 2 N–H and O–H groups in total. The highest BCUT2D eigenvalue weighted by Crippen LogP contribution is 2.24. The SMILES string of the molecule is c1ccc(CNCc2ncc(-c3ccc[nH]3)s2)cc1. The molecule has 3 rings (SSSR count). The molecule has 0 spiro atoms. The first kappa shape index (κ1) is 12.1. The van der Waals surface area contributed by atoms with Crippen molar-refractivity contribution in [3.63, 3.8) is 0 Å². The first-order valence-corrected chi connectivity index (χ1v) is 7.06. The molecule has 0 saturated heterocycles. The standard InChI is InChI=1S/C15H15N3S/c1-2-5-12(6-3-1)9-16-11-15-18-10-14(19-15)13-7-4-8-17-13/h1-8,10,16-17H,9,11H2. The van der Waals surface area contributed by atoms with Crippen LogP contribution in [-0.2, 0) is 13.1 Å². The molecule has 2 aromatic heterocycles. The Hall–Kier alpha value is -1.91. The molecule has 0 fully saturated rings. The summed E-state index contributed by atoms with van der Waals surface area (Å²) in [7, 11) is 0. The van der Waals surface area contributed by atoms with Gasteiger partial charge in [-0.3, -0.25) is 0 Å². The lowest BCUT2D eigenvalue weighted by atomic mass is 10.2. The van der Waals surface area contributed by atoms with Crippen LogP contribution in [0.5, 0.6) is 0 Å². The van der Waals surface area contributed by atoms with Crippen molar-refractivity contribution in [3.05, 3.63) is 65.4 Å². The number of rotatable bonds is 5. The monoisotopic (exact) mass is 269 g/mol. The van der Waals surface area contributed by atoms with Crippen LogP contribution in [0, 0.1) is 0 Å². The number of nitrogens with zero attached hydrogens (tertiary/aromatic N) is 1. The van der Waals surface area contributed by atoms with Gasteiger partial charge >= 0.3 is 0 Å². The van der Waals surface area contributed by atoms with Gasteiger partial charge in [0.05, 0.1) is 10.6 Å². The Morgan fingerprint density at radius 3 is 2.74 bits per heavy atom. The summed E-state index contributed by atoms with van der Waals surface area (Å²) in [5, 5.41) is 4.53. The third-order valence-electron chi connectivity index (χ3n) is 2.87. The number of benzene rings is 1. The third kappa shape index (κ3) is 3.10. The van der Waals surface area contributed by atoms with Crippen LogP contribution in [0.4, 0.5) is 0 Å². The van der Waals surface area contributed by atoms with Gasteiger partial charge in [-0.25, -0.2) is 4.98 Å². The van der Waals surface area contributed by atoms with Crippen LogP contribution < -0.4 is 5.32 Å². The van der Waals surface area contributed by atoms with Gasteiger partial charge in [-0.1, -0.05) is 30.3 Å². The summed E-state index contributed by atoms with van der Waals surface area (Å²) in [6, 6.07) is 14.5. The van der Waals surface area contributed by atoms with Gasteiger partial charge in [-0.15, -0.1) is 11.3 Å². The molecule has 1 aromatic carbocycles. The van der Waals surface area contributed by atoms with E-state index in [2.05, 4.69) is 45.6 Å². The van der Waals surface area contributed by atoms with Crippen molar-refractivity contribution in [2.24, 2.45) is 0 Å². The maximum atomic E-state index is 4.44. The maximum Gasteiger partial charge on any atom is 0.107 e. The van der Waals surface area contributed by atoms with Crippen LogP contribution in [0.1, 0.15) is 10.6 Å². The Bertz CT molecular complexity index is 614. The fourth-order valence-electron chi connectivity index (χ4n) is 1.91. The topological polar surface area (TPSA) is 40.7 Å². The predicted octanol–water partition coefficient (Wildman–Crippen LogP) is 3.43. The van der Waals surface area contributed by atoms with Crippen molar-refractivity contribution in [1.29, 1.82) is 0 Å². The van der Waals surface area contributed by atoms with E-state index >= 15 is 0 Å². The minimum absolute atomic E-state index is 0.806. The molecule has 19 heavy (non-hydrogen) atoms. The van der Waals surface area contributed by atoms with Gasteiger partial charge in [0.1, 0.15) is 5.01 Å². The Balaban J connectivity index is 1.56. The molecule has 0 aliphatic carbocycles. The predicted molar refractivity (Wildman–Crippen MR) is 78.9 cm³/mol. The second-order valence-corrected chi connectivity index (χ2v) is 5.41. The summed E-state index contributed by atoms with van der Waals surface area (Å²) in [4.78, 5) is 8.82. The summed E-state index contributed by atoms with van der Waals surface area (Å²) >= 11 is 1.72. The van der Waals surface area contributed by atoms with Gasteiger partial charge in [0.15, 0.2) is 0 Å². The molecule has 0 aliphatic rings. The highest BCUT2D eigenvalue weighted by molar-refractivity contribution is 7.15. The van der Waals surface area contributed by atoms with E-state index in [1.165, 1.54) is 10.4 Å². The van der Waals surface area contributed by atoms with Crippen LogP contribution >= 0.6 is 11.3 Å². The van der Waals surface area contributed by atoms with Gasteiger partial charge in [0, 0.05) is 25.5 Å². The van der Waals surface area contributed by atoms with Crippen LogP contribution in [0.3, 0.4) is 0 Å². The van der Waals surface area contributed by atoms with Crippen molar-refractivity contribution in [2.45, 2.75) is 13.1 Å². The number of hydrogen-bond acceptors (Lipinski definition) is 3. The van der Waals surface area contributed by atoms with Crippen molar-refractivity contribution < 1.29 is 0 Å². The largest absolute Gasteiger partial charge is 0.360 e. The zero-order valence-corrected chi connectivity index (χ0v) is 11.3. The molecule has 96 valence electrons. The minimum atomic E-state index is 0.806. The van der Waals surface area contributed by atoms with Gasteiger partial charge < -0.3 is 10.3 Å². The molecule has 0 atom stereocenters. The molecule has 3 aromatic rings. The number of aromatic nitrogens is 2. The lowest BCUT2D eigenvalue weighted by Gasteiger charge is -2.01. The first-order chi connectivity index (χ1) is 9.42.